The molecule has 0 spiro atoms. The van der Waals surface area contributed by atoms with Crippen molar-refractivity contribution in [1.29, 1.82) is 0 Å². The second-order valence-corrected chi connectivity index (χ2v) is 9.00. The molecule has 1 heterocycles. The van der Waals surface area contributed by atoms with Gasteiger partial charge in [0, 0.05) is 25.8 Å². The summed E-state index contributed by atoms with van der Waals surface area (Å²) in [5.41, 5.74) is 2.38. The largest absolute Gasteiger partial charge is 0.372 e. The molecule has 2 aromatic carbocycles. The summed E-state index contributed by atoms with van der Waals surface area (Å²) in [6.45, 7) is 2.12. The van der Waals surface area contributed by atoms with E-state index in [1.807, 2.05) is 24.3 Å². The number of benzene rings is 2. The van der Waals surface area contributed by atoms with Gasteiger partial charge in [-0.2, -0.15) is 0 Å². The maximum atomic E-state index is 12.7. The van der Waals surface area contributed by atoms with Crippen LogP contribution >= 0.6 is 23.2 Å². The second-order valence-electron chi connectivity index (χ2n) is 6.18. The zero-order chi connectivity index (χ0) is 18.0. The Bertz CT molecular complexity index is 848. The summed E-state index contributed by atoms with van der Waals surface area (Å²) in [6, 6.07) is 12.5. The molecule has 134 valence electrons. The quantitative estimate of drug-likeness (QED) is 0.740. The Morgan fingerprint density at radius 3 is 2.24 bits per heavy atom. The Hall–Kier alpha value is -1.43. The van der Waals surface area contributed by atoms with Gasteiger partial charge in [0.05, 0.1) is 21.5 Å². The van der Waals surface area contributed by atoms with Crippen LogP contribution in [0.1, 0.15) is 18.4 Å². The van der Waals surface area contributed by atoms with Crippen molar-refractivity contribution in [2.45, 2.75) is 18.6 Å². The van der Waals surface area contributed by atoms with Gasteiger partial charge in [0.15, 0.2) is 0 Å². The monoisotopic (exact) mass is 398 g/mol. The Morgan fingerprint density at radius 1 is 1.00 bits per heavy atom. The van der Waals surface area contributed by atoms with Crippen LogP contribution in [-0.4, -0.2) is 28.6 Å². The molecule has 0 atom stereocenters. The molecule has 25 heavy (non-hydrogen) atoms. The van der Waals surface area contributed by atoms with Gasteiger partial charge in [-0.1, -0.05) is 29.3 Å². The van der Waals surface area contributed by atoms with Crippen LogP contribution < -0.4 is 9.21 Å². The van der Waals surface area contributed by atoms with Gasteiger partial charge in [-0.05, 0) is 54.8 Å². The first-order chi connectivity index (χ1) is 11.9. The Balaban J connectivity index is 1.75. The van der Waals surface area contributed by atoms with Crippen LogP contribution in [0.4, 0.5) is 11.4 Å². The minimum absolute atomic E-state index is 0.131. The molecule has 0 N–H and O–H groups in total. The third kappa shape index (κ3) is 4.22. The van der Waals surface area contributed by atoms with Gasteiger partial charge in [0.25, 0.3) is 0 Å². The number of rotatable bonds is 5. The molecule has 7 heteroatoms. The molecule has 1 aliphatic heterocycles. The summed E-state index contributed by atoms with van der Waals surface area (Å²) in [7, 11) is -1.94. The number of sulfonamides is 1. The molecule has 0 aliphatic carbocycles. The molecule has 1 saturated heterocycles. The zero-order valence-corrected chi connectivity index (χ0v) is 16.3. The van der Waals surface area contributed by atoms with E-state index in [2.05, 4.69) is 4.90 Å². The predicted molar refractivity (Wildman–Crippen MR) is 105 cm³/mol. The minimum atomic E-state index is -3.51. The molecule has 0 amide bonds. The minimum Gasteiger partial charge on any atom is -0.372 e. The van der Waals surface area contributed by atoms with Crippen LogP contribution in [-0.2, 0) is 15.8 Å². The summed E-state index contributed by atoms with van der Waals surface area (Å²) in [4.78, 5) is 2.31. The van der Waals surface area contributed by atoms with Crippen molar-refractivity contribution in [2.75, 3.05) is 29.3 Å². The SMILES string of the molecule is CN(c1ccc(N2CCCC2)cc1)S(=O)(=O)Cc1ccc(Cl)c(Cl)c1. The summed E-state index contributed by atoms with van der Waals surface area (Å²) in [5, 5.41) is 0.764. The number of nitrogens with zero attached hydrogens (tertiary/aromatic N) is 2. The number of hydrogen-bond donors (Lipinski definition) is 0. The van der Waals surface area contributed by atoms with E-state index in [1.165, 1.54) is 17.1 Å². The van der Waals surface area contributed by atoms with E-state index in [0.29, 0.717) is 21.3 Å². The fraction of sp³-hybridized carbons (Fsp3) is 0.333. The number of halogens is 2. The number of hydrogen-bond acceptors (Lipinski definition) is 3. The molecule has 0 bridgehead atoms. The highest BCUT2D eigenvalue weighted by atomic mass is 35.5. The molecule has 4 nitrogen and oxygen atoms in total. The Morgan fingerprint density at radius 2 is 1.64 bits per heavy atom. The predicted octanol–water partition coefficient (Wildman–Crippen LogP) is 4.56. The van der Waals surface area contributed by atoms with Gasteiger partial charge in [-0.3, -0.25) is 4.31 Å². The van der Waals surface area contributed by atoms with Gasteiger partial charge >= 0.3 is 0 Å². The first-order valence-corrected chi connectivity index (χ1v) is 10.5. The molecule has 1 fully saturated rings. The summed E-state index contributed by atoms with van der Waals surface area (Å²) >= 11 is 11.9. The maximum Gasteiger partial charge on any atom is 0.239 e. The van der Waals surface area contributed by atoms with Crippen LogP contribution in [0.25, 0.3) is 0 Å². The van der Waals surface area contributed by atoms with Crippen molar-refractivity contribution in [1.82, 2.24) is 0 Å². The molecule has 0 unspecified atom stereocenters. The average Bonchev–Trinajstić information content (AvgIpc) is 3.12. The van der Waals surface area contributed by atoms with E-state index >= 15 is 0 Å². The molecule has 0 radical (unpaired) electrons. The van der Waals surface area contributed by atoms with Crippen LogP contribution in [0.3, 0.4) is 0 Å². The molecular formula is C18H20Cl2N2O2S. The van der Waals surface area contributed by atoms with Gasteiger partial charge in [0.2, 0.25) is 10.0 Å². The lowest BCUT2D eigenvalue weighted by Gasteiger charge is -2.22. The third-order valence-electron chi connectivity index (χ3n) is 4.43. The average molecular weight is 399 g/mol. The topological polar surface area (TPSA) is 40.6 Å². The van der Waals surface area contributed by atoms with Gasteiger partial charge < -0.3 is 4.90 Å². The standard InChI is InChI=1S/C18H20Cl2N2O2S/c1-21(15-5-7-16(8-6-15)22-10-2-3-11-22)25(23,24)13-14-4-9-17(19)18(20)12-14/h4-9,12H,2-3,10-11,13H2,1H3. The zero-order valence-electron chi connectivity index (χ0n) is 14.0. The summed E-state index contributed by atoms with van der Waals surface area (Å²) in [5.74, 6) is -0.131. The van der Waals surface area contributed by atoms with Crippen molar-refractivity contribution in [3.63, 3.8) is 0 Å². The molecule has 2 aromatic rings. The lowest BCUT2D eigenvalue weighted by molar-refractivity contribution is 0.593. The second kappa shape index (κ2) is 7.44. The van der Waals surface area contributed by atoms with Crippen molar-refractivity contribution in [2.24, 2.45) is 0 Å². The highest BCUT2D eigenvalue weighted by Gasteiger charge is 2.20. The molecule has 0 aromatic heterocycles. The lowest BCUT2D eigenvalue weighted by atomic mass is 10.2. The normalized spacial score (nSPS) is 14.8. The van der Waals surface area contributed by atoms with Crippen molar-refractivity contribution in [3.05, 3.63) is 58.1 Å². The summed E-state index contributed by atoms with van der Waals surface area (Å²) in [6.07, 6.45) is 2.42. The maximum absolute atomic E-state index is 12.7. The highest BCUT2D eigenvalue weighted by molar-refractivity contribution is 7.92. The van der Waals surface area contributed by atoms with E-state index < -0.39 is 10.0 Å². The lowest BCUT2D eigenvalue weighted by Crippen LogP contribution is -2.28. The van der Waals surface area contributed by atoms with Crippen molar-refractivity contribution in [3.8, 4) is 0 Å². The molecule has 0 saturated carbocycles. The Kier molecular flexibility index (Phi) is 5.46. The van der Waals surface area contributed by atoms with Gasteiger partial charge in [0.1, 0.15) is 0 Å². The van der Waals surface area contributed by atoms with E-state index in [1.54, 1.807) is 25.2 Å². The van der Waals surface area contributed by atoms with E-state index in [0.717, 1.165) is 18.8 Å². The highest BCUT2D eigenvalue weighted by Crippen LogP contribution is 2.27. The molecular weight excluding hydrogens is 379 g/mol. The first-order valence-electron chi connectivity index (χ1n) is 8.12. The van der Waals surface area contributed by atoms with E-state index in [9.17, 15) is 8.42 Å². The molecule has 1 aliphatic rings. The molecule has 3 rings (SSSR count). The van der Waals surface area contributed by atoms with Crippen molar-refractivity contribution < 1.29 is 8.42 Å². The van der Waals surface area contributed by atoms with E-state index in [4.69, 9.17) is 23.2 Å². The van der Waals surface area contributed by atoms with Gasteiger partial charge in [-0.25, -0.2) is 8.42 Å². The van der Waals surface area contributed by atoms with Crippen LogP contribution in [0.15, 0.2) is 42.5 Å². The van der Waals surface area contributed by atoms with Crippen LogP contribution in [0, 0.1) is 0 Å². The first kappa shape index (κ1) is 18.4. The fourth-order valence-corrected chi connectivity index (χ4v) is 4.50. The number of anilines is 2. The Labute approximate surface area is 159 Å². The summed E-state index contributed by atoms with van der Waals surface area (Å²) < 4.78 is 26.7. The third-order valence-corrected chi connectivity index (χ3v) is 6.92. The van der Waals surface area contributed by atoms with Crippen molar-refractivity contribution >= 4 is 44.6 Å². The van der Waals surface area contributed by atoms with Crippen LogP contribution in [0.5, 0.6) is 0 Å². The van der Waals surface area contributed by atoms with E-state index in [-0.39, 0.29) is 5.75 Å². The van der Waals surface area contributed by atoms with Gasteiger partial charge in [-0.15, -0.1) is 0 Å². The van der Waals surface area contributed by atoms with Crippen LogP contribution in [0.2, 0.25) is 10.0 Å². The fourth-order valence-electron chi connectivity index (χ4n) is 2.95. The smallest absolute Gasteiger partial charge is 0.239 e.